The highest BCUT2D eigenvalue weighted by atomic mass is 16.3. The molecule has 68 valence electrons. The van der Waals surface area contributed by atoms with Crippen molar-refractivity contribution in [1.29, 1.82) is 0 Å². The van der Waals surface area contributed by atoms with Crippen LogP contribution in [0.3, 0.4) is 0 Å². The molecule has 1 unspecified atom stereocenters. The Morgan fingerprint density at radius 1 is 1.75 bits per heavy atom. The van der Waals surface area contributed by atoms with Crippen molar-refractivity contribution in [2.45, 2.75) is 33.3 Å². The summed E-state index contributed by atoms with van der Waals surface area (Å²) in [5.41, 5.74) is 1.56. The Morgan fingerprint density at radius 3 is 2.67 bits per heavy atom. The maximum Gasteiger partial charge on any atom is 0.162 e. The lowest BCUT2D eigenvalue weighted by Crippen LogP contribution is -2.03. The third-order valence-corrected chi connectivity index (χ3v) is 2.04. The average molecular weight is 168 g/mol. The summed E-state index contributed by atoms with van der Waals surface area (Å²) in [5.74, 6) is 0.0647. The minimum atomic E-state index is -0.544. The number of hydrogen-bond acceptors (Lipinski definition) is 2. The lowest BCUT2D eigenvalue weighted by atomic mass is 10.1. The van der Waals surface area contributed by atoms with Crippen LogP contribution in [-0.4, -0.2) is 17.0 Å². The van der Waals surface area contributed by atoms with Crippen LogP contribution in [0.5, 0.6) is 0 Å². The molecule has 0 aliphatic heterocycles. The Bertz CT molecular complexity index is 226. The first-order chi connectivity index (χ1) is 5.16. The monoisotopic (exact) mass is 168 g/mol. The largest absolute Gasteiger partial charge is 0.388 e. The summed E-state index contributed by atoms with van der Waals surface area (Å²) in [6, 6.07) is 0. The van der Waals surface area contributed by atoms with Gasteiger partial charge < -0.3 is 5.11 Å². The SMILES string of the molecule is C.C=CCC1=C(C)C(O)CC1=O. The number of aliphatic hydroxyl groups is 1. The number of allylic oxidation sites excluding steroid dienone is 2. The highest BCUT2D eigenvalue weighted by Gasteiger charge is 2.26. The van der Waals surface area contributed by atoms with Gasteiger partial charge >= 0.3 is 0 Å². The average Bonchev–Trinajstić information content (AvgIpc) is 2.17. The lowest BCUT2D eigenvalue weighted by molar-refractivity contribution is -0.115. The van der Waals surface area contributed by atoms with Crippen molar-refractivity contribution in [1.82, 2.24) is 0 Å². The zero-order valence-electron chi connectivity index (χ0n) is 6.63. The van der Waals surface area contributed by atoms with Gasteiger partial charge in [0, 0.05) is 12.0 Å². The van der Waals surface area contributed by atoms with Gasteiger partial charge in [0.1, 0.15) is 0 Å². The Morgan fingerprint density at radius 2 is 2.33 bits per heavy atom. The Labute approximate surface area is 73.6 Å². The van der Waals surface area contributed by atoms with Gasteiger partial charge in [-0.2, -0.15) is 0 Å². The zero-order chi connectivity index (χ0) is 8.43. The van der Waals surface area contributed by atoms with Gasteiger partial charge in [-0.15, -0.1) is 6.58 Å². The van der Waals surface area contributed by atoms with E-state index < -0.39 is 6.10 Å². The summed E-state index contributed by atoms with van der Waals surface area (Å²) < 4.78 is 0. The molecule has 0 heterocycles. The second kappa shape index (κ2) is 4.21. The predicted octanol–water partition coefficient (Wildman–Crippen LogP) is 1.85. The molecular weight excluding hydrogens is 152 g/mol. The van der Waals surface area contributed by atoms with Crippen molar-refractivity contribution in [3.8, 4) is 0 Å². The molecule has 2 heteroatoms. The van der Waals surface area contributed by atoms with E-state index in [1.807, 2.05) is 0 Å². The fourth-order valence-electron chi connectivity index (χ4n) is 1.29. The maximum atomic E-state index is 11.1. The van der Waals surface area contributed by atoms with Crippen LogP contribution in [0.1, 0.15) is 27.2 Å². The second-order valence-corrected chi connectivity index (χ2v) is 2.80. The molecule has 12 heavy (non-hydrogen) atoms. The van der Waals surface area contributed by atoms with Crippen LogP contribution in [0.25, 0.3) is 0 Å². The standard InChI is InChI=1S/C9H12O2.CH4/c1-3-4-7-6(2)8(10)5-9(7)11;/h3,8,10H,1,4-5H2,2H3;1H4. The molecule has 1 aliphatic carbocycles. The molecule has 1 N–H and O–H groups in total. The summed E-state index contributed by atoms with van der Waals surface area (Å²) in [6.07, 6.45) is 1.99. The van der Waals surface area contributed by atoms with Crippen molar-refractivity contribution in [2.75, 3.05) is 0 Å². The van der Waals surface area contributed by atoms with E-state index in [0.717, 1.165) is 11.1 Å². The minimum absolute atomic E-state index is 0. The molecule has 0 aromatic carbocycles. The van der Waals surface area contributed by atoms with Crippen LogP contribution in [0, 0.1) is 0 Å². The maximum absolute atomic E-state index is 11.1. The Kier molecular flexibility index (Phi) is 3.90. The summed E-state index contributed by atoms with van der Waals surface area (Å²) in [7, 11) is 0. The first kappa shape index (κ1) is 11.1. The topological polar surface area (TPSA) is 37.3 Å². The van der Waals surface area contributed by atoms with Crippen LogP contribution < -0.4 is 0 Å². The number of aliphatic hydroxyl groups excluding tert-OH is 1. The second-order valence-electron chi connectivity index (χ2n) is 2.80. The molecule has 0 spiro atoms. The van der Waals surface area contributed by atoms with Gasteiger partial charge in [-0.05, 0) is 18.9 Å². The van der Waals surface area contributed by atoms with E-state index in [9.17, 15) is 9.90 Å². The molecule has 0 bridgehead atoms. The molecule has 0 aromatic heterocycles. The molecular formula is C10H16O2. The fourth-order valence-corrected chi connectivity index (χ4v) is 1.29. The van der Waals surface area contributed by atoms with Gasteiger partial charge in [0.05, 0.1) is 6.10 Å². The Hall–Kier alpha value is -0.890. The van der Waals surface area contributed by atoms with E-state index in [1.165, 1.54) is 0 Å². The van der Waals surface area contributed by atoms with Crippen LogP contribution in [0.4, 0.5) is 0 Å². The van der Waals surface area contributed by atoms with Crippen molar-refractivity contribution >= 4 is 5.78 Å². The van der Waals surface area contributed by atoms with Gasteiger partial charge in [0.25, 0.3) is 0 Å². The summed E-state index contributed by atoms with van der Waals surface area (Å²) >= 11 is 0. The number of hydrogen-bond donors (Lipinski definition) is 1. The molecule has 0 radical (unpaired) electrons. The van der Waals surface area contributed by atoms with Gasteiger partial charge in [-0.3, -0.25) is 4.79 Å². The van der Waals surface area contributed by atoms with Gasteiger partial charge in [0.2, 0.25) is 0 Å². The summed E-state index contributed by atoms with van der Waals surface area (Å²) in [6.45, 7) is 5.35. The van der Waals surface area contributed by atoms with Crippen LogP contribution in [-0.2, 0) is 4.79 Å². The highest BCUT2D eigenvalue weighted by Crippen LogP contribution is 2.25. The van der Waals surface area contributed by atoms with Crippen LogP contribution in [0.15, 0.2) is 23.8 Å². The van der Waals surface area contributed by atoms with Crippen molar-refractivity contribution in [2.24, 2.45) is 0 Å². The van der Waals surface area contributed by atoms with Gasteiger partial charge in [-0.25, -0.2) is 0 Å². The number of rotatable bonds is 2. The number of carbonyl (C=O) groups is 1. The molecule has 0 aromatic rings. The lowest BCUT2D eigenvalue weighted by Gasteiger charge is -1.99. The van der Waals surface area contributed by atoms with Gasteiger partial charge in [-0.1, -0.05) is 13.5 Å². The van der Waals surface area contributed by atoms with E-state index in [1.54, 1.807) is 13.0 Å². The first-order valence-electron chi connectivity index (χ1n) is 3.68. The first-order valence-corrected chi connectivity index (χ1v) is 3.68. The molecule has 2 nitrogen and oxygen atoms in total. The predicted molar refractivity (Wildman–Crippen MR) is 49.9 cm³/mol. The molecule has 1 aliphatic rings. The number of Topliss-reactive ketones (excluding diaryl/α,β-unsaturated/α-hetero) is 1. The van der Waals surface area contributed by atoms with Crippen LogP contribution >= 0.6 is 0 Å². The number of carbonyl (C=O) groups excluding carboxylic acids is 1. The summed E-state index contributed by atoms with van der Waals surface area (Å²) in [5, 5.41) is 9.25. The zero-order valence-corrected chi connectivity index (χ0v) is 6.63. The van der Waals surface area contributed by atoms with E-state index in [2.05, 4.69) is 6.58 Å². The molecule has 0 amide bonds. The normalized spacial score (nSPS) is 22.5. The highest BCUT2D eigenvalue weighted by molar-refractivity contribution is 5.99. The number of ketones is 1. The molecule has 0 saturated carbocycles. The minimum Gasteiger partial charge on any atom is -0.388 e. The van der Waals surface area contributed by atoms with E-state index >= 15 is 0 Å². The Balaban J connectivity index is 0.00000121. The van der Waals surface area contributed by atoms with E-state index in [-0.39, 0.29) is 19.6 Å². The van der Waals surface area contributed by atoms with E-state index in [4.69, 9.17) is 0 Å². The molecule has 0 saturated heterocycles. The van der Waals surface area contributed by atoms with E-state index in [0.29, 0.717) is 6.42 Å². The quantitative estimate of drug-likeness (QED) is 0.639. The van der Waals surface area contributed by atoms with Crippen molar-refractivity contribution < 1.29 is 9.90 Å². The van der Waals surface area contributed by atoms with Crippen molar-refractivity contribution in [3.63, 3.8) is 0 Å². The van der Waals surface area contributed by atoms with Crippen molar-refractivity contribution in [3.05, 3.63) is 23.8 Å². The van der Waals surface area contributed by atoms with Gasteiger partial charge in [0.15, 0.2) is 5.78 Å². The third-order valence-electron chi connectivity index (χ3n) is 2.04. The molecule has 1 atom stereocenters. The summed E-state index contributed by atoms with van der Waals surface area (Å²) in [4.78, 5) is 11.1. The molecule has 1 rings (SSSR count). The van der Waals surface area contributed by atoms with Crippen LogP contribution in [0.2, 0.25) is 0 Å². The fraction of sp³-hybridized carbons (Fsp3) is 0.500. The third kappa shape index (κ3) is 1.83. The molecule has 0 fully saturated rings. The smallest absolute Gasteiger partial charge is 0.162 e.